The van der Waals surface area contributed by atoms with Gasteiger partial charge in [-0.25, -0.2) is 0 Å². The summed E-state index contributed by atoms with van der Waals surface area (Å²) in [5, 5.41) is 7.86. The highest BCUT2D eigenvalue weighted by Gasteiger charge is 2.39. The van der Waals surface area contributed by atoms with E-state index in [9.17, 15) is 4.79 Å². The molecule has 0 bridgehead atoms. The van der Waals surface area contributed by atoms with Gasteiger partial charge in [-0.15, -0.1) is 0 Å². The summed E-state index contributed by atoms with van der Waals surface area (Å²) in [5.74, 6) is 0.715. The van der Waals surface area contributed by atoms with Crippen LogP contribution in [0.2, 0.25) is 0 Å². The summed E-state index contributed by atoms with van der Waals surface area (Å²) in [4.78, 5) is 14.7. The van der Waals surface area contributed by atoms with E-state index in [1.165, 1.54) is 11.1 Å². The molecule has 2 atom stereocenters. The number of hydrogen-bond acceptors (Lipinski definition) is 3. The van der Waals surface area contributed by atoms with Crippen LogP contribution >= 0.6 is 11.3 Å². The number of nitrogens with zero attached hydrogens (tertiary/aromatic N) is 1. The molecular formula is C16H26N2OS. The minimum Gasteiger partial charge on any atom is -0.321 e. The Labute approximate surface area is 126 Å². The molecule has 1 N–H and O–H groups in total. The first kappa shape index (κ1) is 15.5. The van der Waals surface area contributed by atoms with Gasteiger partial charge in [0.25, 0.3) is 0 Å². The lowest BCUT2D eigenvalue weighted by Crippen LogP contribution is -2.41. The molecule has 0 radical (unpaired) electrons. The monoisotopic (exact) mass is 294 g/mol. The second kappa shape index (κ2) is 6.72. The third-order valence-corrected chi connectivity index (χ3v) is 4.98. The fourth-order valence-corrected chi connectivity index (χ4v) is 3.63. The molecule has 112 valence electrons. The Hall–Kier alpha value is -0.870. The molecule has 1 fully saturated rings. The van der Waals surface area contributed by atoms with Gasteiger partial charge in [0, 0.05) is 6.54 Å². The smallest absolute Gasteiger partial charge is 0.241 e. The zero-order valence-corrected chi connectivity index (χ0v) is 13.8. The summed E-state index contributed by atoms with van der Waals surface area (Å²) in [6, 6.07) is 0.0151. The lowest BCUT2D eigenvalue weighted by molar-refractivity contribution is -0.131. The van der Waals surface area contributed by atoms with Crippen LogP contribution in [0, 0.1) is 12.8 Å². The van der Waals surface area contributed by atoms with Crippen molar-refractivity contribution in [3.8, 4) is 0 Å². The molecule has 1 saturated heterocycles. The van der Waals surface area contributed by atoms with Crippen LogP contribution in [0.15, 0.2) is 10.8 Å². The van der Waals surface area contributed by atoms with Gasteiger partial charge in [0.1, 0.15) is 0 Å². The van der Waals surface area contributed by atoms with E-state index in [-0.39, 0.29) is 18.1 Å². The van der Waals surface area contributed by atoms with Gasteiger partial charge < -0.3 is 4.90 Å². The highest BCUT2D eigenvalue weighted by molar-refractivity contribution is 7.08. The highest BCUT2D eigenvalue weighted by atomic mass is 32.1. The molecule has 2 rings (SSSR count). The van der Waals surface area contributed by atoms with E-state index < -0.39 is 0 Å². The fraction of sp³-hybridized carbons (Fsp3) is 0.688. The highest BCUT2D eigenvalue weighted by Crippen LogP contribution is 2.25. The molecule has 0 aliphatic carbocycles. The molecule has 0 aromatic carbocycles. The molecule has 1 aromatic rings. The summed E-state index contributed by atoms with van der Waals surface area (Å²) in [6.07, 6.45) is 3.38. The molecule has 3 nitrogen and oxygen atoms in total. The summed E-state index contributed by atoms with van der Waals surface area (Å²) in [7, 11) is 0. The van der Waals surface area contributed by atoms with Crippen LogP contribution in [0.3, 0.4) is 0 Å². The van der Waals surface area contributed by atoms with Gasteiger partial charge in [0.2, 0.25) is 5.91 Å². The topological polar surface area (TPSA) is 32.3 Å². The maximum atomic E-state index is 12.6. The minimum absolute atomic E-state index is 0.0151. The van der Waals surface area contributed by atoms with Crippen LogP contribution in [0.4, 0.5) is 0 Å². The van der Waals surface area contributed by atoms with Crippen LogP contribution in [0.5, 0.6) is 0 Å². The molecule has 1 aliphatic heterocycles. The number of carbonyl (C=O) groups excluding carboxylic acids is 1. The van der Waals surface area contributed by atoms with Crippen molar-refractivity contribution in [2.45, 2.75) is 65.7 Å². The van der Waals surface area contributed by atoms with Gasteiger partial charge in [-0.3, -0.25) is 10.1 Å². The summed E-state index contributed by atoms with van der Waals surface area (Å²) >= 11 is 1.72. The Morgan fingerprint density at radius 3 is 2.70 bits per heavy atom. The van der Waals surface area contributed by atoms with Crippen molar-refractivity contribution in [2.75, 3.05) is 0 Å². The number of amides is 1. The molecule has 0 spiro atoms. The van der Waals surface area contributed by atoms with Gasteiger partial charge in [0.05, 0.1) is 12.2 Å². The van der Waals surface area contributed by atoms with Crippen LogP contribution < -0.4 is 5.32 Å². The molecule has 2 unspecified atom stereocenters. The van der Waals surface area contributed by atoms with E-state index in [0.717, 1.165) is 25.8 Å². The van der Waals surface area contributed by atoms with Gasteiger partial charge in [-0.05, 0) is 41.1 Å². The van der Waals surface area contributed by atoms with Crippen molar-refractivity contribution in [2.24, 2.45) is 5.92 Å². The first-order valence-corrected chi connectivity index (χ1v) is 8.57. The first-order chi connectivity index (χ1) is 9.54. The van der Waals surface area contributed by atoms with Gasteiger partial charge in [-0.2, -0.15) is 11.3 Å². The number of hydrogen-bond donors (Lipinski definition) is 1. The molecular weight excluding hydrogens is 268 g/mol. The van der Waals surface area contributed by atoms with Crippen molar-refractivity contribution in [1.29, 1.82) is 0 Å². The first-order valence-electron chi connectivity index (χ1n) is 7.62. The lowest BCUT2D eigenvalue weighted by Gasteiger charge is -2.27. The largest absolute Gasteiger partial charge is 0.321 e. The van der Waals surface area contributed by atoms with Gasteiger partial charge >= 0.3 is 0 Å². The van der Waals surface area contributed by atoms with Crippen molar-refractivity contribution in [1.82, 2.24) is 10.2 Å². The number of nitrogens with one attached hydrogen (secondary N) is 1. The molecule has 20 heavy (non-hydrogen) atoms. The third-order valence-electron chi connectivity index (χ3n) is 4.07. The second-order valence-electron chi connectivity index (χ2n) is 6.10. The van der Waals surface area contributed by atoms with Gasteiger partial charge in [0.15, 0.2) is 0 Å². The normalized spacial score (nSPS) is 23.1. The average Bonchev–Trinajstić information content (AvgIpc) is 2.94. The van der Waals surface area contributed by atoms with E-state index in [1.807, 2.05) is 4.90 Å². The summed E-state index contributed by atoms with van der Waals surface area (Å²) in [5.41, 5.74) is 2.58. The zero-order valence-electron chi connectivity index (χ0n) is 13.0. The van der Waals surface area contributed by atoms with E-state index >= 15 is 0 Å². The van der Waals surface area contributed by atoms with E-state index in [2.05, 4.69) is 43.8 Å². The van der Waals surface area contributed by atoms with Crippen LogP contribution in [-0.2, 0) is 11.3 Å². The van der Waals surface area contributed by atoms with Crippen LogP contribution in [0.1, 0.15) is 51.2 Å². The molecule has 2 heterocycles. The third kappa shape index (κ3) is 3.23. The predicted molar refractivity (Wildman–Crippen MR) is 84.7 cm³/mol. The zero-order chi connectivity index (χ0) is 14.7. The van der Waals surface area contributed by atoms with E-state index in [0.29, 0.717) is 5.92 Å². The molecule has 1 aromatic heterocycles. The van der Waals surface area contributed by atoms with Crippen LogP contribution in [-0.4, -0.2) is 23.0 Å². The lowest BCUT2D eigenvalue weighted by atomic mass is 10.1. The average molecular weight is 294 g/mol. The Balaban J connectivity index is 2.11. The Morgan fingerprint density at radius 1 is 1.40 bits per heavy atom. The van der Waals surface area contributed by atoms with Crippen molar-refractivity contribution in [3.05, 3.63) is 21.9 Å². The SMILES string of the molecule is CCCCC1NC(C(C)C)N(Cc2cscc2C)C1=O. The Morgan fingerprint density at radius 2 is 2.15 bits per heavy atom. The molecule has 1 aliphatic rings. The summed E-state index contributed by atoms with van der Waals surface area (Å²) in [6.45, 7) is 9.40. The Kier molecular flexibility index (Phi) is 5.22. The summed E-state index contributed by atoms with van der Waals surface area (Å²) < 4.78 is 0. The number of rotatable bonds is 6. The number of unbranched alkanes of at least 4 members (excludes halogenated alkanes) is 1. The van der Waals surface area contributed by atoms with Crippen molar-refractivity contribution < 1.29 is 4.79 Å². The maximum absolute atomic E-state index is 12.6. The van der Waals surface area contributed by atoms with E-state index in [1.54, 1.807) is 11.3 Å². The Bertz CT molecular complexity index is 455. The standard InChI is InChI=1S/C16H26N2OS/c1-5-6-7-14-16(19)18(15(17-14)11(2)3)8-13-10-20-9-12(13)4/h9-11,14-15,17H,5-8H2,1-4H3. The second-order valence-corrected chi connectivity index (χ2v) is 6.84. The maximum Gasteiger partial charge on any atom is 0.241 e. The number of thiophene rings is 1. The van der Waals surface area contributed by atoms with Crippen LogP contribution in [0.25, 0.3) is 0 Å². The molecule has 4 heteroatoms. The fourth-order valence-electron chi connectivity index (χ4n) is 2.78. The predicted octanol–water partition coefficient (Wildman–Crippen LogP) is 3.53. The van der Waals surface area contributed by atoms with Gasteiger partial charge in [-0.1, -0.05) is 33.6 Å². The van der Waals surface area contributed by atoms with Crippen molar-refractivity contribution in [3.63, 3.8) is 0 Å². The van der Waals surface area contributed by atoms with E-state index in [4.69, 9.17) is 0 Å². The number of aryl methyl sites for hydroxylation is 1. The van der Waals surface area contributed by atoms with Crippen molar-refractivity contribution >= 4 is 17.2 Å². The minimum atomic E-state index is 0.0151. The quantitative estimate of drug-likeness (QED) is 0.870. The molecule has 0 saturated carbocycles. The molecule has 1 amide bonds. The number of carbonyl (C=O) groups is 1.